The molecule has 118 valence electrons. The third-order valence-corrected chi connectivity index (χ3v) is 4.33. The van der Waals surface area contributed by atoms with E-state index in [0.717, 1.165) is 49.2 Å². The molecule has 3 aromatic rings. The fraction of sp³-hybridized carbons (Fsp3) is 0.375. The molecule has 4 heterocycles. The molecule has 7 heteroatoms. The summed E-state index contributed by atoms with van der Waals surface area (Å²) in [7, 11) is 0. The molecule has 0 saturated carbocycles. The van der Waals surface area contributed by atoms with Crippen LogP contribution in [0.3, 0.4) is 0 Å². The van der Waals surface area contributed by atoms with Gasteiger partial charge in [-0.1, -0.05) is 0 Å². The minimum Gasteiger partial charge on any atom is -0.355 e. The number of aromatic amines is 1. The number of piperidine rings is 1. The van der Waals surface area contributed by atoms with Crippen LogP contribution in [0.4, 0.5) is 5.82 Å². The Labute approximate surface area is 134 Å². The zero-order valence-electron chi connectivity index (χ0n) is 13.1. The normalized spacial score (nSPS) is 18.3. The van der Waals surface area contributed by atoms with Crippen molar-refractivity contribution in [2.75, 3.05) is 18.0 Å². The molecular weight excluding hydrogens is 290 g/mol. The van der Waals surface area contributed by atoms with Crippen LogP contribution in [0.1, 0.15) is 30.4 Å². The molecule has 1 saturated heterocycles. The quantitative estimate of drug-likeness (QED) is 0.801. The van der Waals surface area contributed by atoms with Crippen LogP contribution in [0.2, 0.25) is 0 Å². The van der Waals surface area contributed by atoms with Crippen molar-refractivity contribution < 1.29 is 0 Å². The highest BCUT2D eigenvalue weighted by molar-refractivity contribution is 5.41. The van der Waals surface area contributed by atoms with Gasteiger partial charge in [0.1, 0.15) is 17.5 Å². The van der Waals surface area contributed by atoms with E-state index in [1.165, 1.54) is 0 Å². The molecule has 1 N–H and O–H groups in total. The number of nitrogens with zero attached hydrogens (tertiary/aromatic N) is 6. The van der Waals surface area contributed by atoms with Gasteiger partial charge < -0.3 is 9.88 Å². The molecule has 1 unspecified atom stereocenters. The largest absolute Gasteiger partial charge is 0.355 e. The first kappa shape index (κ1) is 13.9. The highest BCUT2D eigenvalue weighted by atomic mass is 15.2. The van der Waals surface area contributed by atoms with Gasteiger partial charge in [0.15, 0.2) is 5.82 Å². The van der Waals surface area contributed by atoms with Gasteiger partial charge in [0.2, 0.25) is 0 Å². The number of imidazole rings is 2. The van der Waals surface area contributed by atoms with Crippen LogP contribution < -0.4 is 4.90 Å². The zero-order chi connectivity index (χ0) is 15.6. The summed E-state index contributed by atoms with van der Waals surface area (Å²) in [5.41, 5.74) is 0. The maximum absolute atomic E-state index is 4.77. The molecule has 3 aromatic heterocycles. The number of hydrogen-bond acceptors (Lipinski definition) is 5. The number of nitrogens with one attached hydrogen (secondary N) is 1. The van der Waals surface area contributed by atoms with Crippen LogP contribution in [0, 0.1) is 6.92 Å². The summed E-state index contributed by atoms with van der Waals surface area (Å²) >= 11 is 0. The minimum atomic E-state index is 0.416. The van der Waals surface area contributed by atoms with Crippen molar-refractivity contribution in [3.05, 3.63) is 48.8 Å². The Morgan fingerprint density at radius 1 is 1.17 bits per heavy atom. The summed E-state index contributed by atoms with van der Waals surface area (Å²) in [5.74, 6) is 4.09. The number of aryl methyl sites for hydroxylation is 1. The van der Waals surface area contributed by atoms with E-state index in [4.69, 9.17) is 4.98 Å². The summed E-state index contributed by atoms with van der Waals surface area (Å²) in [6.07, 6.45) is 13.3. The molecular formula is C16H19N7. The van der Waals surface area contributed by atoms with Gasteiger partial charge in [0.25, 0.3) is 0 Å². The molecule has 23 heavy (non-hydrogen) atoms. The third-order valence-electron chi connectivity index (χ3n) is 4.33. The molecule has 0 aliphatic carbocycles. The molecule has 1 fully saturated rings. The third kappa shape index (κ3) is 2.69. The standard InChI is InChI=1S/C16H19N7/c1-12-18-6-8-23(12)15-10-17-9-14(21-15)22-7-2-3-13(11-22)16-19-4-5-20-16/h4-6,8-10,13H,2-3,7,11H2,1H3,(H,19,20). The summed E-state index contributed by atoms with van der Waals surface area (Å²) in [5, 5.41) is 0. The Balaban J connectivity index is 1.59. The van der Waals surface area contributed by atoms with Crippen molar-refractivity contribution in [2.45, 2.75) is 25.7 Å². The first-order chi connectivity index (χ1) is 11.3. The van der Waals surface area contributed by atoms with Gasteiger partial charge in [-0.3, -0.25) is 9.55 Å². The average molecular weight is 309 g/mol. The van der Waals surface area contributed by atoms with Gasteiger partial charge in [-0.15, -0.1) is 0 Å². The fourth-order valence-corrected chi connectivity index (χ4v) is 3.14. The Bertz CT molecular complexity index is 777. The van der Waals surface area contributed by atoms with Crippen LogP contribution in [0.5, 0.6) is 0 Å². The molecule has 4 rings (SSSR count). The Kier molecular flexibility index (Phi) is 3.53. The van der Waals surface area contributed by atoms with Crippen LogP contribution >= 0.6 is 0 Å². The average Bonchev–Trinajstić information content (AvgIpc) is 3.27. The number of aromatic nitrogens is 6. The number of H-pyrrole nitrogens is 1. The molecule has 0 amide bonds. The maximum atomic E-state index is 4.77. The molecule has 0 spiro atoms. The highest BCUT2D eigenvalue weighted by Crippen LogP contribution is 2.27. The first-order valence-corrected chi connectivity index (χ1v) is 7.88. The van der Waals surface area contributed by atoms with Crippen molar-refractivity contribution in [3.8, 4) is 5.82 Å². The van der Waals surface area contributed by atoms with E-state index in [-0.39, 0.29) is 0 Å². The molecule has 0 radical (unpaired) electrons. The Hall–Kier alpha value is -2.70. The van der Waals surface area contributed by atoms with E-state index >= 15 is 0 Å². The lowest BCUT2D eigenvalue weighted by Gasteiger charge is -2.32. The van der Waals surface area contributed by atoms with E-state index in [0.29, 0.717) is 5.92 Å². The predicted octanol–water partition coefficient (Wildman–Crippen LogP) is 2.08. The molecule has 0 bridgehead atoms. The molecule has 1 aliphatic heterocycles. The van der Waals surface area contributed by atoms with E-state index in [9.17, 15) is 0 Å². The van der Waals surface area contributed by atoms with E-state index in [2.05, 4.69) is 24.8 Å². The topological polar surface area (TPSA) is 75.5 Å². The van der Waals surface area contributed by atoms with Gasteiger partial charge in [0.05, 0.1) is 12.4 Å². The number of hydrogen-bond donors (Lipinski definition) is 1. The van der Waals surface area contributed by atoms with Crippen molar-refractivity contribution >= 4 is 5.82 Å². The van der Waals surface area contributed by atoms with Crippen LogP contribution in [0.15, 0.2) is 37.2 Å². The second kappa shape index (κ2) is 5.83. The SMILES string of the molecule is Cc1nccn1-c1cncc(N2CCCC(c3ncc[nH]3)C2)n1. The predicted molar refractivity (Wildman–Crippen MR) is 86.7 cm³/mol. The zero-order valence-corrected chi connectivity index (χ0v) is 13.1. The smallest absolute Gasteiger partial charge is 0.159 e. The Morgan fingerprint density at radius 2 is 2.09 bits per heavy atom. The van der Waals surface area contributed by atoms with Crippen LogP contribution in [0.25, 0.3) is 5.82 Å². The molecule has 7 nitrogen and oxygen atoms in total. The first-order valence-electron chi connectivity index (χ1n) is 7.88. The number of rotatable bonds is 3. The van der Waals surface area contributed by atoms with Gasteiger partial charge in [-0.25, -0.2) is 15.0 Å². The lowest BCUT2D eigenvalue weighted by molar-refractivity contribution is 0.491. The van der Waals surface area contributed by atoms with Gasteiger partial charge >= 0.3 is 0 Å². The van der Waals surface area contributed by atoms with Crippen LogP contribution in [-0.2, 0) is 0 Å². The summed E-state index contributed by atoms with van der Waals surface area (Å²) in [6, 6.07) is 0. The van der Waals surface area contributed by atoms with Crippen molar-refractivity contribution in [2.24, 2.45) is 0 Å². The summed E-state index contributed by atoms with van der Waals surface area (Å²) < 4.78 is 1.95. The van der Waals surface area contributed by atoms with E-state index < -0.39 is 0 Å². The van der Waals surface area contributed by atoms with Gasteiger partial charge in [0, 0.05) is 43.8 Å². The number of anilines is 1. The minimum absolute atomic E-state index is 0.416. The fourth-order valence-electron chi connectivity index (χ4n) is 3.14. The maximum Gasteiger partial charge on any atom is 0.159 e. The van der Waals surface area contributed by atoms with Gasteiger partial charge in [-0.2, -0.15) is 0 Å². The van der Waals surface area contributed by atoms with Crippen LogP contribution in [-0.4, -0.2) is 42.6 Å². The lowest BCUT2D eigenvalue weighted by atomic mass is 9.97. The second-order valence-electron chi connectivity index (χ2n) is 5.84. The lowest BCUT2D eigenvalue weighted by Crippen LogP contribution is -2.35. The molecule has 0 aromatic carbocycles. The summed E-state index contributed by atoms with van der Waals surface area (Å²) in [6.45, 7) is 3.87. The molecule has 1 aliphatic rings. The van der Waals surface area contributed by atoms with E-state index in [1.807, 2.05) is 36.3 Å². The summed E-state index contributed by atoms with van der Waals surface area (Å²) in [4.78, 5) is 23.3. The van der Waals surface area contributed by atoms with E-state index in [1.54, 1.807) is 12.4 Å². The Morgan fingerprint density at radius 3 is 2.87 bits per heavy atom. The molecule has 1 atom stereocenters. The second-order valence-corrected chi connectivity index (χ2v) is 5.84. The van der Waals surface area contributed by atoms with Crippen molar-refractivity contribution in [3.63, 3.8) is 0 Å². The van der Waals surface area contributed by atoms with Crippen molar-refractivity contribution in [1.82, 2.24) is 29.5 Å². The van der Waals surface area contributed by atoms with Gasteiger partial charge in [-0.05, 0) is 19.8 Å². The van der Waals surface area contributed by atoms with Crippen molar-refractivity contribution in [1.29, 1.82) is 0 Å². The monoisotopic (exact) mass is 309 g/mol. The highest BCUT2D eigenvalue weighted by Gasteiger charge is 2.24.